The van der Waals surface area contributed by atoms with Crippen molar-refractivity contribution in [2.75, 3.05) is 12.4 Å². The highest BCUT2D eigenvalue weighted by atomic mass is 32.2. The van der Waals surface area contributed by atoms with Gasteiger partial charge in [-0.15, -0.1) is 21.5 Å². The van der Waals surface area contributed by atoms with E-state index in [0.29, 0.717) is 29.9 Å². The minimum atomic E-state index is -0.206. The molecule has 0 saturated carbocycles. The summed E-state index contributed by atoms with van der Waals surface area (Å²) in [4.78, 5) is 12.1. The fourth-order valence-corrected chi connectivity index (χ4v) is 2.55. The van der Waals surface area contributed by atoms with E-state index in [1.54, 1.807) is 18.3 Å². The summed E-state index contributed by atoms with van der Waals surface area (Å²) < 4.78 is 10.3. The molecule has 0 aromatic carbocycles. The number of aromatic nitrogens is 2. The van der Waals surface area contributed by atoms with Gasteiger partial charge in [0.2, 0.25) is 0 Å². The van der Waals surface area contributed by atoms with Gasteiger partial charge in [-0.25, -0.2) is 0 Å². The minimum Gasteiger partial charge on any atom is -0.466 e. The Balaban J connectivity index is 1.82. The molecule has 0 amide bonds. The van der Waals surface area contributed by atoms with E-state index < -0.39 is 0 Å². The first-order chi connectivity index (χ1) is 8.79. The van der Waals surface area contributed by atoms with E-state index in [1.807, 2.05) is 17.5 Å². The Morgan fingerprint density at radius 1 is 1.56 bits per heavy atom. The van der Waals surface area contributed by atoms with Gasteiger partial charge in [0.1, 0.15) is 0 Å². The summed E-state index contributed by atoms with van der Waals surface area (Å²) in [5, 5.41) is 10.3. The summed E-state index contributed by atoms with van der Waals surface area (Å²) in [6, 6.07) is 3.85. The van der Waals surface area contributed by atoms with Gasteiger partial charge in [-0.05, 0) is 18.4 Å². The highest BCUT2D eigenvalue weighted by molar-refractivity contribution is 7.99. The molecule has 0 aliphatic rings. The van der Waals surface area contributed by atoms with Crippen LogP contribution < -0.4 is 0 Å². The fourth-order valence-electron chi connectivity index (χ4n) is 1.22. The van der Waals surface area contributed by atoms with Gasteiger partial charge >= 0.3 is 5.97 Å². The Labute approximate surface area is 113 Å². The number of thiophene rings is 1. The average molecular weight is 284 g/mol. The van der Waals surface area contributed by atoms with Crippen LogP contribution in [-0.2, 0) is 9.53 Å². The van der Waals surface area contributed by atoms with Crippen LogP contribution in [0.25, 0.3) is 10.8 Å². The predicted octanol–water partition coefficient (Wildman–Crippen LogP) is 2.84. The van der Waals surface area contributed by atoms with Crippen LogP contribution in [0.2, 0.25) is 0 Å². The van der Waals surface area contributed by atoms with Gasteiger partial charge in [-0.2, -0.15) is 0 Å². The first kappa shape index (κ1) is 13.1. The maximum Gasteiger partial charge on any atom is 0.306 e. The fraction of sp³-hybridized carbons (Fsp3) is 0.364. The van der Waals surface area contributed by atoms with Gasteiger partial charge in [-0.3, -0.25) is 4.79 Å². The second-order valence-electron chi connectivity index (χ2n) is 3.25. The topological polar surface area (TPSA) is 65.2 Å². The maximum atomic E-state index is 11.1. The molecular weight excluding hydrogens is 272 g/mol. The summed E-state index contributed by atoms with van der Waals surface area (Å²) in [5.41, 5.74) is 0. The van der Waals surface area contributed by atoms with Crippen LogP contribution >= 0.6 is 23.1 Å². The van der Waals surface area contributed by atoms with E-state index in [-0.39, 0.29) is 5.97 Å². The molecule has 0 saturated heterocycles. The number of nitrogens with zero attached hydrogens (tertiary/aromatic N) is 2. The highest BCUT2D eigenvalue weighted by Gasteiger charge is 2.10. The number of carbonyl (C=O) groups excluding carboxylic acids is 1. The maximum absolute atomic E-state index is 11.1. The third-order valence-electron chi connectivity index (χ3n) is 1.98. The molecule has 2 heterocycles. The van der Waals surface area contributed by atoms with Crippen molar-refractivity contribution in [1.82, 2.24) is 10.2 Å². The van der Waals surface area contributed by atoms with E-state index >= 15 is 0 Å². The summed E-state index contributed by atoms with van der Waals surface area (Å²) in [5.74, 6) is 0.886. The molecule has 0 radical (unpaired) electrons. The zero-order valence-corrected chi connectivity index (χ0v) is 11.4. The number of carbonyl (C=O) groups is 1. The van der Waals surface area contributed by atoms with Gasteiger partial charge in [0.05, 0.1) is 17.9 Å². The van der Waals surface area contributed by atoms with Crippen molar-refractivity contribution in [3.05, 3.63) is 17.5 Å². The van der Waals surface area contributed by atoms with Gasteiger partial charge in [-0.1, -0.05) is 17.8 Å². The lowest BCUT2D eigenvalue weighted by atomic mass is 10.5. The van der Waals surface area contributed by atoms with Crippen molar-refractivity contribution < 1.29 is 13.9 Å². The van der Waals surface area contributed by atoms with Crippen LogP contribution in [0.4, 0.5) is 0 Å². The lowest BCUT2D eigenvalue weighted by molar-refractivity contribution is -0.142. The third-order valence-corrected chi connectivity index (χ3v) is 3.65. The van der Waals surface area contributed by atoms with Gasteiger partial charge < -0.3 is 9.15 Å². The Hall–Kier alpha value is -1.34. The molecule has 0 aliphatic heterocycles. The quantitative estimate of drug-likeness (QED) is 0.600. The summed E-state index contributed by atoms with van der Waals surface area (Å²) in [7, 11) is 0. The molecule has 2 aromatic rings. The molecule has 2 rings (SSSR count). The van der Waals surface area contributed by atoms with Crippen LogP contribution in [0.1, 0.15) is 13.3 Å². The third kappa shape index (κ3) is 3.58. The van der Waals surface area contributed by atoms with E-state index in [2.05, 4.69) is 10.2 Å². The molecule has 18 heavy (non-hydrogen) atoms. The number of ether oxygens (including phenoxy) is 1. The number of hydrogen-bond acceptors (Lipinski definition) is 7. The molecule has 2 aromatic heterocycles. The number of hydrogen-bond donors (Lipinski definition) is 0. The monoisotopic (exact) mass is 284 g/mol. The molecule has 5 nitrogen and oxygen atoms in total. The van der Waals surface area contributed by atoms with Crippen molar-refractivity contribution in [2.24, 2.45) is 0 Å². The molecule has 0 bridgehead atoms. The van der Waals surface area contributed by atoms with Gasteiger partial charge in [0.25, 0.3) is 11.1 Å². The number of rotatable bonds is 6. The molecule has 0 unspecified atom stereocenters. The smallest absolute Gasteiger partial charge is 0.306 e. The van der Waals surface area contributed by atoms with Gasteiger partial charge in [0.15, 0.2) is 0 Å². The standard InChI is InChI=1S/C11H12N2O3S2/c1-2-15-9(14)5-7-18-11-13-12-10(16-11)8-4-3-6-17-8/h3-4,6H,2,5,7H2,1H3. The summed E-state index contributed by atoms with van der Waals surface area (Å²) >= 11 is 2.90. The normalized spacial score (nSPS) is 10.5. The van der Waals surface area contributed by atoms with Crippen molar-refractivity contribution in [1.29, 1.82) is 0 Å². The summed E-state index contributed by atoms with van der Waals surface area (Å²) in [6.45, 7) is 2.20. The van der Waals surface area contributed by atoms with Crippen LogP contribution in [0.5, 0.6) is 0 Å². The van der Waals surface area contributed by atoms with E-state index in [9.17, 15) is 4.79 Å². The van der Waals surface area contributed by atoms with Crippen LogP contribution in [0, 0.1) is 0 Å². The number of esters is 1. The largest absolute Gasteiger partial charge is 0.466 e. The zero-order chi connectivity index (χ0) is 12.8. The Bertz CT molecular complexity index is 496. The van der Waals surface area contributed by atoms with Crippen LogP contribution in [0.3, 0.4) is 0 Å². The molecular formula is C11H12N2O3S2. The Morgan fingerprint density at radius 3 is 3.17 bits per heavy atom. The van der Waals surface area contributed by atoms with Crippen LogP contribution in [0.15, 0.2) is 27.2 Å². The molecule has 0 N–H and O–H groups in total. The second kappa shape index (κ2) is 6.55. The van der Waals surface area contributed by atoms with Crippen LogP contribution in [-0.4, -0.2) is 28.5 Å². The lowest BCUT2D eigenvalue weighted by Gasteiger charge is -1.98. The average Bonchev–Trinajstić information content (AvgIpc) is 2.99. The first-order valence-corrected chi connectivity index (χ1v) is 7.32. The number of thioether (sulfide) groups is 1. The summed E-state index contributed by atoms with van der Waals surface area (Å²) in [6.07, 6.45) is 0.342. The van der Waals surface area contributed by atoms with E-state index in [0.717, 1.165) is 4.88 Å². The van der Waals surface area contributed by atoms with Gasteiger partial charge in [0, 0.05) is 5.75 Å². The predicted molar refractivity (Wildman–Crippen MR) is 69.6 cm³/mol. The minimum absolute atomic E-state index is 0.206. The van der Waals surface area contributed by atoms with Crippen molar-refractivity contribution in [3.8, 4) is 10.8 Å². The zero-order valence-electron chi connectivity index (χ0n) is 9.79. The second-order valence-corrected chi connectivity index (χ2v) is 5.25. The Morgan fingerprint density at radius 2 is 2.44 bits per heavy atom. The van der Waals surface area contributed by atoms with E-state index in [4.69, 9.17) is 9.15 Å². The molecule has 0 atom stereocenters. The Kier molecular flexibility index (Phi) is 4.77. The van der Waals surface area contributed by atoms with Crippen molar-refractivity contribution >= 4 is 29.1 Å². The molecule has 0 fully saturated rings. The SMILES string of the molecule is CCOC(=O)CCSc1nnc(-c2cccs2)o1. The first-order valence-electron chi connectivity index (χ1n) is 5.45. The molecule has 96 valence electrons. The molecule has 0 aliphatic carbocycles. The van der Waals surface area contributed by atoms with E-state index in [1.165, 1.54) is 11.8 Å². The molecule has 7 heteroatoms. The van der Waals surface area contributed by atoms with Crippen molar-refractivity contribution in [2.45, 2.75) is 18.6 Å². The highest BCUT2D eigenvalue weighted by Crippen LogP contribution is 2.26. The lowest BCUT2D eigenvalue weighted by Crippen LogP contribution is -2.04. The molecule has 0 spiro atoms. The van der Waals surface area contributed by atoms with Crippen molar-refractivity contribution in [3.63, 3.8) is 0 Å².